The molecular formula is C50H31NOS. The Morgan fingerprint density at radius 1 is 0.396 bits per heavy atom. The Morgan fingerprint density at radius 3 is 1.92 bits per heavy atom. The number of para-hydroxylation sites is 1. The summed E-state index contributed by atoms with van der Waals surface area (Å²) < 4.78 is 9.61. The number of benzene rings is 9. The Kier molecular flexibility index (Phi) is 6.76. The first-order chi connectivity index (χ1) is 26.3. The van der Waals surface area contributed by atoms with Crippen LogP contribution >= 0.6 is 11.3 Å². The van der Waals surface area contributed by atoms with E-state index in [-0.39, 0.29) is 0 Å². The van der Waals surface area contributed by atoms with Gasteiger partial charge in [0, 0.05) is 42.3 Å². The molecule has 0 N–H and O–H groups in total. The Hall–Kier alpha value is -6.68. The summed E-state index contributed by atoms with van der Waals surface area (Å²) in [4.78, 5) is 2.36. The summed E-state index contributed by atoms with van der Waals surface area (Å²) in [6, 6.07) is 67.9. The maximum absolute atomic E-state index is 7.05. The van der Waals surface area contributed by atoms with Crippen LogP contribution in [0.3, 0.4) is 0 Å². The lowest BCUT2D eigenvalue weighted by atomic mass is 9.93. The zero-order valence-corrected chi connectivity index (χ0v) is 29.5. The van der Waals surface area contributed by atoms with Crippen molar-refractivity contribution in [2.75, 3.05) is 4.90 Å². The predicted molar refractivity (Wildman–Crippen MR) is 227 cm³/mol. The van der Waals surface area contributed by atoms with Crippen LogP contribution in [0, 0.1) is 0 Å². The molecule has 0 unspecified atom stereocenters. The van der Waals surface area contributed by atoms with Gasteiger partial charge in [-0.15, -0.1) is 11.3 Å². The maximum atomic E-state index is 7.05. The van der Waals surface area contributed by atoms with E-state index in [9.17, 15) is 0 Å². The van der Waals surface area contributed by atoms with Gasteiger partial charge in [0.1, 0.15) is 5.58 Å². The molecule has 248 valence electrons. The number of anilines is 3. The lowest BCUT2D eigenvalue weighted by molar-refractivity contribution is 0.669. The van der Waals surface area contributed by atoms with Gasteiger partial charge < -0.3 is 9.32 Å². The van der Waals surface area contributed by atoms with Crippen molar-refractivity contribution in [2.24, 2.45) is 0 Å². The highest BCUT2D eigenvalue weighted by Crippen LogP contribution is 2.47. The third-order valence-electron chi connectivity index (χ3n) is 10.6. The number of thiophene rings is 1. The number of rotatable bonds is 5. The van der Waals surface area contributed by atoms with Gasteiger partial charge in [-0.05, 0) is 92.3 Å². The van der Waals surface area contributed by atoms with Crippen molar-refractivity contribution in [2.45, 2.75) is 0 Å². The van der Waals surface area contributed by atoms with Gasteiger partial charge in [0.05, 0.1) is 5.69 Å². The fraction of sp³-hybridized carbons (Fsp3) is 0. The zero-order valence-electron chi connectivity index (χ0n) is 28.7. The molecule has 0 radical (unpaired) electrons. The minimum Gasteiger partial charge on any atom is -0.454 e. The average molecular weight is 694 g/mol. The fourth-order valence-electron chi connectivity index (χ4n) is 8.13. The van der Waals surface area contributed by atoms with E-state index in [1.54, 1.807) is 0 Å². The summed E-state index contributed by atoms with van der Waals surface area (Å²) in [5.41, 5.74) is 9.64. The number of furan rings is 1. The highest BCUT2D eigenvalue weighted by molar-refractivity contribution is 7.25. The first-order valence-electron chi connectivity index (χ1n) is 18.0. The van der Waals surface area contributed by atoms with Crippen LogP contribution in [0.5, 0.6) is 0 Å². The molecule has 0 fully saturated rings. The largest absolute Gasteiger partial charge is 0.454 e. The molecule has 53 heavy (non-hydrogen) atoms. The molecule has 0 aliphatic carbocycles. The Morgan fingerprint density at radius 2 is 1.06 bits per heavy atom. The highest BCUT2D eigenvalue weighted by Gasteiger charge is 2.22. The van der Waals surface area contributed by atoms with Crippen LogP contribution in [0.25, 0.3) is 85.9 Å². The lowest BCUT2D eigenvalue weighted by Gasteiger charge is -2.26. The molecule has 0 amide bonds. The second kappa shape index (κ2) is 11.9. The van der Waals surface area contributed by atoms with E-state index in [0.29, 0.717) is 0 Å². The number of hydrogen-bond donors (Lipinski definition) is 0. The Labute approximate surface area is 310 Å². The third kappa shape index (κ3) is 4.86. The maximum Gasteiger partial charge on any atom is 0.159 e. The van der Waals surface area contributed by atoms with Crippen molar-refractivity contribution in [3.05, 3.63) is 188 Å². The molecule has 2 nitrogen and oxygen atoms in total. The average Bonchev–Trinajstić information content (AvgIpc) is 3.80. The summed E-state index contributed by atoms with van der Waals surface area (Å²) in [5.74, 6) is 0. The van der Waals surface area contributed by atoms with Crippen LogP contribution in [0.4, 0.5) is 17.1 Å². The lowest BCUT2D eigenvalue weighted by Crippen LogP contribution is -2.10. The van der Waals surface area contributed by atoms with Gasteiger partial charge in [-0.3, -0.25) is 0 Å². The summed E-state index contributed by atoms with van der Waals surface area (Å²) >= 11 is 1.84. The molecule has 0 bridgehead atoms. The SMILES string of the molecule is c1ccc(-c2ccc(N(c3ccc4c(c3)sc3ccccc34)c3cccc4c3oc3cc(-c5ccc6ccccc6c5)c5ccccc5c34)cc2)cc1. The molecule has 9 aromatic carbocycles. The molecule has 0 saturated carbocycles. The van der Waals surface area contributed by atoms with Crippen molar-refractivity contribution in [1.29, 1.82) is 0 Å². The topological polar surface area (TPSA) is 16.4 Å². The van der Waals surface area contributed by atoms with Crippen LogP contribution in [0.15, 0.2) is 192 Å². The van der Waals surface area contributed by atoms with Crippen LogP contribution in [0.2, 0.25) is 0 Å². The van der Waals surface area contributed by atoms with E-state index in [1.165, 1.54) is 64.0 Å². The second-order valence-corrected chi connectivity index (χ2v) is 14.8. The van der Waals surface area contributed by atoms with E-state index < -0.39 is 0 Å². The number of nitrogens with zero attached hydrogens (tertiary/aromatic N) is 1. The molecule has 11 aromatic rings. The van der Waals surface area contributed by atoms with E-state index in [2.05, 4.69) is 193 Å². The minimum atomic E-state index is 0.867. The van der Waals surface area contributed by atoms with Crippen LogP contribution in [-0.4, -0.2) is 0 Å². The number of fused-ring (bicyclic) bond motifs is 9. The standard InChI is InChI=1S/C50H31NOS/c1-2-11-32(12-3-1)34-23-25-37(26-24-34)51(38-27-28-41-40-16-8-9-20-47(40)53-48(41)30-38)45-19-10-18-43-49-42-17-7-6-15-39(42)44(31-46(49)52-50(43)45)36-22-21-33-13-4-5-14-35(33)29-36/h1-31H. The van der Waals surface area contributed by atoms with Gasteiger partial charge in [-0.2, -0.15) is 0 Å². The monoisotopic (exact) mass is 693 g/mol. The minimum absolute atomic E-state index is 0.867. The second-order valence-electron chi connectivity index (χ2n) is 13.7. The van der Waals surface area contributed by atoms with Crippen LogP contribution < -0.4 is 4.90 Å². The molecule has 2 heterocycles. The molecule has 2 aromatic heterocycles. The van der Waals surface area contributed by atoms with Gasteiger partial charge in [0.2, 0.25) is 0 Å². The zero-order chi connectivity index (χ0) is 34.9. The predicted octanol–water partition coefficient (Wildman–Crippen LogP) is 15.1. The molecule has 11 rings (SSSR count). The van der Waals surface area contributed by atoms with Crippen LogP contribution in [0.1, 0.15) is 0 Å². The van der Waals surface area contributed by atoms with E-state index in [4.69, 9.17) is 4.42 Å². The van der Waals surface area contributed by atoms with E-state index in [0.717, 1.165) is 39.0 Å². The molecular weight excluding hydrogens is 663 g/mol. The Balaban J connectivity index is 1.15. The summed E-state index contributed by atoms with van der Waals surface area (Å²) in [6.45, 7) is 0. The molecule has 0 aliphatic rings. The van der Waals surface area contributed by atoms with E-state index >= 15 is 0 Å². The quantitative estimate of drug-likeness (QED) is 0.178. The molecule has 3 heteroatoms. The van der Waals surface area contributed by atoms with Crippen molar-refractivity contribution < 1.29 is 4.42 Å². The fourth-order valence-corrected chi connectivity index (χ4v) is 9.27. The van der Waals surface area contributed by atoms with Gasteiger partial charge >= 0.3 is 0 Å². The van der Waals surface area contributed by atoms with Gasteiger partial charge in [-0.25, -0.2) is 0 Å². The van der Waals surface area contributed by atoms with Gasteiger partial charge in [-0.1, -0.05) is 140 Å². The number of hydrogen-bond acceptors (Lipinski definition) is 3. The first-order valence-corrected chi connectivity index (χ1v) is 18.8. The Bertz CT molecular complexity index is 3170. The smallest absolute Gasteiger partial charge is 0.159 e. The van der Waals surface area contributed by atoms with Crippen molar-refractivity contribution in [3.63, 3.8) is 0 Å². The van der Waals surface area contributed by atoms with E-state index in [1.807, 2.05) is 11.3 Å². The highest BCUT2D eigenvalue weighted by atomic mass is 32.1. The molecule has 0 atom stereocenters. The first kappa shape index (κ1) is 30.0. The summed E-state index contributed by atoms with van der Waals surface area (Å²) in [7, 11) is 0. The molecule has 0 saturated heterocycles. The van der Waals surface area contributed by atoms with Crippen LogP contribution in [-0.2, 0) is 0 Å². The third-order valence-corrected chi connectivity index (χ3v) is 11.8. The summed E-state index contributed by atoms with van der Waals surface area (Å²) in [6.07, 6.45) is 0. The summed E-state index contributed by atoms with van der Waals surface area (Å²) in [5, 5.41) is 9.69. The van der Waals surface area contributed by atoms with Gasteiger partial charge in [0.15, 0.2) is 5.58 Å². The molecule has 0 aliphatic heterocycles. The van der Waals surface area contributed by atoms with Crippen molar-refractivity contribution in [3.8, 4) is 22.3 Å². The normalized spacial score (nSPS) is 11.8. The van der Waals surface area contributed by atoms with Crippen molar-refractivity contribution in [1.82, 2.24) is 0 Å². The van der Waals surface area contributed by atoms with Crippen molar-refractivity contribution >= 4 is 92.1 Å². The van der Waals surface area contributed by atoms with Gasteiger partial charge in [0.25, 0.3) is 0 Å². The molecule has 0 spiro atoms.